The quantitative estimate of drug-likeness (QED) is 0.704. The average Bonchev–Trinajstić information content (AvgIpc) is 2.44. The van der Waals surface area contributed by atoms with Crippen molar-refractivity contribution in [2.75, 3.05) is 11.4 Å². The highest BCUT2D eigenvalue weighted by atomic mass is 127. The number of halogens is 2. The summed E-state index contributed by atoms with van der Waals surface area (Å²) in [5, 5.41) is 4.59. The summed E-state index contributed by atoms with van der Waals surface area (Å²) in [6.07, 6.45) is 7.85. The van der Waals surface area contributed by atoms with Crippen molar-refractivity contribution in [1.82, 2.24) is 5.32 Å². The first-order valence-corrected chi connectivity index (χ1v) is 9.61. The number of nitrogens with one attached hydrogen (secondary N) is 1. The zero-order valence-electron chi connectivity index (χ0n) is 12.6. The van der Waals surface area contributed by atoms with Gasteiger partial charge in [0.05, 0.1) is 5.69 Å². The van der Waals surface area contributed by atoms with Gasteiger partial charge in [-0.3, -0.25) is 0 Å². The molecule has 2 saturated heterocycles. The van der Waals surface area contributed by atoms with Crippen LogP contribution in [0.1, 0.15) is 45.4 Å². The molecule has 3 rings (SSSR count). The molecular formula is C17H24ClIN2. The molecule has 2 fully saturated rings. The maximum Gasteiger partial charge on any atom is 0.0507 e. The van der Waals surface area contributed by atoms with Gasteiger partial charge < -0.3 is 10.2 Å². The lowest BCUT2D eigenvalue weighted by Gasteiger charge is -2.50. The monoisotopic (exact) mass is 418 g/mol. The minimum absolute atomic E-state index is 0.696. The first-order valence-electron chi connectivity index (χ1n) is 8.15. The third-order valence-electron chi connectivity index (χ3n) is 4.85. The molecule has 2 aliphatic heterocycles. The third-order valence-corrected chi connectivity index (χ3v) is 5.94. The molecule has 0 amide bonds. The number of piperidine rings is 2. The van der Waals surface area contributed by atoms with Crippen molar-refractivity contribution in [2.45, 2.75) is 63.6 Å². The molecule has 1 N–H and O–H groups in total. The fourth-order valence-electron chi connectivity index (χ4n) is 3.98. The van der Waals surface area contributed by atoms with Crippen LogP contribution in [0.4, 0.5) is 5.69 Å². The lowest BCUT2D eigenvalue weighted by molar-refractivity contribution is 0.245. The maximum absolute atomic E-state index is 6.12. The summed E-state index contributed by atoms with van der Waals surface area (Å²) >= 11 is 8.56. The predicted molar refractivity (Wildman–Crippen MR) is 99.4 cm³/mol. The highest BCUT2D eigenvalue weighted by molar-refractivity contribution is 14.1. The Bertz CT molecular complexity index is 480. The molecule has 0 spiro atoms. The minimum atomic E-state index is 0.696. The second-order valence-electron chi connectivity index (χ2n) is 6.36. The number of benzene rings is 1. The number of hydrogen-bond acceptors (Lipinski definition) is 2. The number of hydrogen-bond donors (Lipinski definition) is 1. The highest BCUT2D eigenvalue weighted by Gasteiger charge is 2.38. The molecule has 2 bridgehead atoms. The summed E-state index contributed by atoms with van der Waals surface area (Å²) in [5.74, 6) is 0. The number of fused-ring (bicyclic) bond motifs is 2. The van der Waals surface area contributed by atoms with E-state index in [9.17, 15) is 0 Å². The largest absolute Gasteiger partial charge is 0.365 e. The number of rotatable bonds is 4. The molecule has 0 aromatic heterocycles. The van der Waals surface area contributed by atoms with Crippen molar-refractivity contribution in [3.8, 4) is 0 Å². The van der Waals surface area contributed by atoms with E-state index in [-0.39, 0.29) is 0 Å². The van der Waals surface area contributed by atoms with Crippen LogP contribution < -0.4 is 10.2 Å². The maximum atomic E-state index is 6.12. The Hall–Kier alpha value is -0.000000000000000111. The van der Waals surface area contributed by atoms with Crippen molar-refractivity contribution in [3.05, 3.63) is 26.8 Å². The minimum Gasteiger partial charge on any atom is -0.365 e. The van der Waals surface area contributed by atoms with Crippen molar-refractivity contribution in [1.29, 1.82) is 0 Å². The van der Waals surface area contributed by atoms with Crippen LogP contribution in [0.15, 0.2) is 18.2 Å². The summed E-state index contributed by atoms with van der Waals surface area (Å²) < 4.78 is 1.29. The van der Waals surface area contributed by atoms with Gasteiger partial charge in [-0.25, -0.2) is 0 Å². The van der Waals surface area contributed by atoms with Crippen LogP contribution in [0.5, 0.6) is 0 Å². The van der Waals surface area contributed by atoms with Crippen LogP contribution in [0.3, 0.4) is 0 Å². The number of nitrogens with zero attached hydrogens (tertiary/aromatic N) is 1. The van der Waals surface area contributed by atoms with E-state index >= 15 is 0 Å². The molecule has 116 valence electrons. The molecule has 2 nitrogen and oxygen atoms in total. The van der Waals surface area contributed by atoms with Crippen LogP contribution in [-0.4, -0.2) is 24.7 Å². The molecule has 4 heteroatoms. The fraction of sp³-hybridized carbons (Fsp3) is 0.647. The smallest absolute Gasteiger partial charge is 0.0507 e. The first kappa shape index (κ1) is 15.9. The Morgan fingerprint density at radius 3 is 2.62 bits per heavy atom. The SMILES string of the molecule is CCCNC1CC2CCCC(C1)N2c1ccc(Cl)cc1I. The Balaban J connectivity index is 1.80. The molecule has 2 atom stereocenters. The second-order valence-corrected chi connectivity index (χ2v) is 7.96. The lowest BCUT2D eigenvalue weighted by Crippen LogP contribution is -2.56. The molecule has 21 heavy (non-hydrogen) atoms. The summed E-state index contributed by atoms with van der Waals surface area (Å²) in [7, 11) is 0. The van der Waals surface area contributed by atoms with E-state index < -0.39 is 0 Å². The van der Waals surface area contributed by atoms with Gasteiger partial charge in [0.15, 0.2) is 0 Å². The summed E-state index contributed by atoms with van der Waals surface area (Å²) in [6, 6.07) is 8.45. The zero-order valence-corrected chi connectivity index (χ0v) is 15.5. The molecule has 2 unspecified atom stereocenters. The lowest BCUT2D eigenvalue weighted by atomic mass is 9.81. The highest BCUT2D eigenvalue weighted by Crippen LogP contribution is 2.40. The molecular weight excluding hydrogens is 395 g/mol. The first-order chi connectivity index (χ1) is 10.2. The van der Waals surface area contributed by atoms with Gasteiger partial charge in [0.1, 0.15) is 0 Å². The van der Waals surface area contributed by atoms with Crippen molar-refractivity contribution < 1.29 is 0 Å². The molecule has 1 aromatic carbocycles. The standard InChI is InChI=1S/C17H24ClIN2/c1-2-8-20-13-10-14-4-3-5-15(11-13)21(14)17-7-6-12(18)9-16(17)19/h6-7,9,13-15,20H,2-5,8,10-11H2,1H3. The van der Waals surface area contributed by atoms with E-state index in [1.807, 2.05) is 6.07 Å². The summed E-state index contributed by atoms with van der Waals surface area (Å²) in [6.45, 7) is 3.40. The Morgan fingerprint density at radius 2 is 2.00 bits per heavy atom. The van der Waals surface area contributed by atoms with Crippen molar-refractivity contribution in [3.63, 3.8) is 0 Å². The third kappa shape index (κ3) is 3.50. The summed E-state index contributed by atoms with van der Waals surface area (Å²) in [5.41, 5.74) is 1.39. The molecule has 2 aliphatic rings. The predicted octanol–water partition coefficient (Wildman–Crippen LogP) is 4.83. The van der Waals surface area contributed by atoms with E-state index in [4.69, 9.17) is 11.6 Å². The van der Waals surface area contributed by atoms with E-state index in [1.54, 1.807) is 0 Å². The Labute approximate surface area is 146 Å². The van der Waals surface area contributed by atoms with Gasteiger partial charge in [0.2, 0.25) is 0 Å². The van der Waals surface area contributed by atoms with Crippen LogP contribution in [0.2, 0.25) is 5.02 Å². The number of anilines is 1. The normalized spacial score (nSPS) is 28.7. The van der Waals surface area contributed by atoms with Gasteiger partial charge in [-0.1, -0.05) is 18.5 Å². The van der Waals surface area contributed by atoms with Crippen LogP contribution in [-0.2, 0) is 0 Å². The van der Waals surface area contributed by atoms with Gasteiger partial charge in [0.25, 0.3) is 0 Å². The zero-order chi connectivity index (χ0) is 14.8. The second kappa shape index (κ2) is 7.05. The Kier molecular flexibility index (Phi) is 5.33. The van der Waals surface area contributed by atoms with Gasteiger partial charge in [-0.2, -0.15) is 0 Å². The topological polar surface area (TPSA) is 15.3 Å². The van der Waals surface area contributed by atoms with Crippen molar-refractivity contribution in [2.24, 2.45) is 0 Å². The van der Waals surface area contributed by atoms with E-state index in [2.05, 4.69) is 51.9 Å². The van der Waals surface area contributed by atoms with Crippen LogP contribution in [0, 0.1) is 3.57 Å². The van der Waals surface area contributed by atoms with Gasteiger partial charge in [-0.15, -0.1) is 0 Å². The van der Waals surface area contributed by atoms with Gasteiger partial charge in [0, 0.05) is 26.7 Å². The van der Waals surface area contributed by atoms with Gasteiger partial charge in [-0.05, 0) is 85.9 Å². The molecule has 1 aromatic rings. The summed E-state index contributed by atoms with van der Waals surface area (Å²) in [4.78, 5) is 2.70. The Morgan fingerprint density at radius 1 is 1.29 bits per heavy atom. The van der Waals surface area contributed by atoms with Crippen LogP contribution >= 0.6 is 34.2 Å². The van der Waals surface area contributed by atoms with E-state index in [0.29, 0.717) is 18.1 Å². The molecule has 0 saturated carbocycles. The molecule has 2 heterocycles. The average molecular weight is 419 g/mol. The molecule has 0 radical (unpaired) electrons. The molecule has 0 aliphatic carbocycles. The van der Waals surface area contributed by atoms with E-state index in [1.165, 1.54) is 47.8 Å². The van der Waals surface area contributed by atoms with Gasteiger partial charge >= 0.3 is 0 Å². The van der Waals surface area contributed by atoms with Crippen LogP contribution in [0.25, 0.3) is 0 Å². The van der Waals surface area contributed by atoms with E-state index in [0.717, 1.165) is 11.6 Å². The fourth-order valence-corrected chi connectivity index (χ4v) is 5.13. The van der Waals surface area contributed by atoms with Crippen molar-refractivity contribution >= 4 is 39.9 Å².